The van der Waals surface area contributed by atoms with E-state index < -0.39 is 34.4 Å². The third-order valence-electron chi connectivity index (χ3n) is 6.44. The number of ether oxygens (including phenoxy) is 2. The Balaban J connectivity index is 1.48. The molecule has 3 heterocycles. The monoisotopic (exact) mass is 605 g/mol. The van der Waals surface area contributed by atoms with Gasteiger partial charge in [-0.1, -0.05) is 18.2 Å². The Morgan fingerprint density at radius 1 is 1.07 bits per heavy atom. The highest BCUT2D eigenvalue weighted by Crippen LogP contribution is 2.35. The zero-order chi connectivity index (χ0) is 30.1. The summed E-state index contributed by atoms with van der Waals surface area (Å²) in [4.78, 5) is 13.1. The number of rotatable bonds is 8. The lowest BCUT2D eigenvalue weighted by Gasteiger charge is -2.30. The number of benzene rings is 2. The minimum atomic E-state index is -4.54. The maximum Gasteiger partial charge on any atom is 0.422 e. The van der Waals surface area contributed by atoms with Gasteiger partial charge < -0.3 is 9.47 Å². The van der Waals surface area contributed by atoms with Gasteiger partial charge in [-0.3, -0.25) is 14.1 Å². The molecule has 0 aliphatic carbocycles. The largest absolute Gasteiger partial charge is 0.495 e. The molecule has 2 aromatic carbocycles. The minimum Gasteiger partial charge on any atom is -0.495 e. The first-order valence-corrected chi connectivity index (χ1v) is 13.9. The van der Waals surface area contributed by atoms with Crippen molar-refractivity contribution in [1.29, 1.82) is 0 Å². The lowest BCUT2D eigenvalue weighted by Crippen LogP contribution is -2.41. The van der Waals surface area contributed by atoms with E-state index >= 15 is 4.39 Å². The van der Waals surface area contributed by atoms with Crippen molar-refractivity contribution < 1.29 is 35.5 Å². The highest BCUT2D eigenvalue weighted by molar-refractivity contribution is 7.90. The van der Waals surface area contributed by atoms with Crippen LogP contribution in [0.3, 0.4) is 0 Å². The van der Waals surface area contributed by atoms with Gasteiger partial charge in [-0.15, -0.1) is 5.10 Å². The normalized spacial score (nSPS) is 13.8. The number of alkyl halides is 3. The molecule has 15 heteroatoms. The molecule has 0 saturated carbocycles. The highest BCUT2D eigenvalue weighted by atomic mass is 32.2. The molecule has 5 rings (SSSR count). The summed E-state index contributed by atoms with van der Waals surface area (Å²) in [5, 5.41) is 7.39. The molecule has 10 nitrogen and oxygen atoms in total. The number of hydrogen-bond donors (Lipinski definition) is 1. The van der Waals surface area contributed by atoms with E-state index in [0.717, 1.165) is 6.07 Å². The summed E-state index contributed by atoms with van der Waals surface area (Å²) in [6.45, 7) is -1.56. The fourth-order valence-electron chi connectivity index (χ4n) is 4.58. The molecule has 0 bridgehead atoms. The van der Waals surface area contributed by atoms with Gasteiger partial charge in [-0.25, -0.2) is 4.39 Å². The van der Waals surface area contributed by atoms with Crippen molar-refractivity contribution in [2.24, 2.45) is 0 Å². The van der Waals surface area contributed by atoms with Crippen LogP contribution in [0, 0.1) is 5.82 Å². The first-order valence-electron chi connectivity index (χ1n) is 12.4. The van der Waals surface area contributed by atoms with E-state index in [1.807, 2.05) is 0 Å². The molecule has 0 atom stereocenters. The number of methoxy groups -OCH3 is 1. The van der Waals surface area contributed by atoms with Crippen molar-refractivity contribution in [2.75, 3.05) is 25.0 Å². The summed E-state index contributed by atoms with van der Waals surface area (Å²) >= 11 is 0. The lowest BCUT2D eigenvalue weighted by molar-refractivity contribution is -0.153. The smallest absolute Gasteiger partial charge is 0.422 e. The standard InChI is InChI=1S/C27H23F4N5O5S/c1-40-24-13-20(17-4-2-5-19(12-17)41-16-27(29,30)31)21(28)14-23(24)36-22-9-11-35(15-18(22)7-8-26(36)37)42(38,39)34-25-6-3-10-32-33-25/h2-8,10,12-14H,9,11,15-16H2,1H3,(H,33,34). The molecule has 0 amide bonds. The number of halogens is 4. The van der Waals surface area contributed by atoms with Gasteiger partial charge in [-0.2, -0.15) is 31.0 Å². The second kappa shape index (κ2) is 11.4. The molecule has 42 heavy (non-hydrogen) atoms. The molecule has 0 fully saturated rings. The Bertz CT molecular complexity index is 1780. The van der Waals surface area contributed by atoms with Gasteiger partial charge in [0.1, 0.15) is 17.3 Å². The van der Waals surface area contributed by atoms with Crippen LogP contribution in [-0.4, -0.2) is 53.9 Å². The van der Waals surface area contributed by atoms with Gasteiger partial charge in [0.15, 0.2) is 12.4 Å². The first-order chi connectivity index (χ1) is 19.9. The third kappa shape index (κ3) is 6.21. The number of anilines is 1. The Morgan fingerprint density at radius 3 is 2.60 bits per heavy atom. The fourth-order valence-corrected chi connectivity index (χ4v) is 5.72. The molecule has 0 saturated heterocycles. The summed E-state index contributed by atoms with van der Waals surface area (Å²) < 4.78 is 94.3. The summed E-state index contributed by atoms with van der Waals surface area (Å²) in [6, 6.07) is 13.7. The number of aromatic nitrogens is 3. The van der Waals surface area contributed by atoms with E-state index in [0.29, 0.717) is 11.3 Å². The van der Waals surface area contributed by atoms with Gasteiger partial charge >= 0.3 is 16.4 Å². The van der Waals surface area contributed by atoms with Gasteiger partial charge in [0.2, 0.25) is 0 Å². The van der Waals surface area contributed by atoms with Gasteiger partial charge in [0.05, 0.1) is 12.8 Å². The summed E-state index contributed by atoms with van der Waals surface area (Å²) in [5.74, 6) is -0.709. The van der Waals surface area contributed by atoms with E-state index in [1.165, 1.54) is 76.8 Å². The van der Waals surface area contributed by atoms with Crippen LogP contribution in [0.5, 0.6) is 11.5 Å². The summed E-state index contributed by atoms with van der Waals surface area (Å²) in [5.41, 5.74) is 0.830. The minimum absolute atomic E-state index is 0.0123. The SMILES string of the molecule is COc1cc(-c2cccc(OCC(F)(F)F)c2)c(F)cc1-n1c2c(ccc1=O)CN(S(=O)(=O)Nc1cccnn1)CC2. The van der Waals surface area contributed by atoms with Crippen molar-refractivity contribution in [3.8, 4) is 28.3 Å². The van der Waals surface area contributed by atoms with Crippen molar-refractivity contribution in [1.82, 2.24) is 19.1 Å². The second-order valence-corrected chi connectivity index (χ2v) is 10.9. The van der Waals surface area contributed by atoms with E-state index in [-0.39, 0.29) is 53.6 Å². The highest BCUT2D eigenvalue weighted by Gasteiger charge is 2.30. The zero-order valence-electron chi connectivity index (χ0n) is 21.9. The average molecular weight is 606 g/mol. The van der Waals surface area contributed by atoms with Crippen LogP contribution in [0.25, 0.3) is 16.8 Å². The van der Waals surface area contributed by atoms with Crippen LogP contribution in [0.15, 0.2) is 71.7 Å². The molecule has 4 aromatic rings. The zero-order valence-corrected chi connectivity index (χ0v) is 22.7. The predicted octanol–water partition coefficient (Wildman–Crippen LogP) is 4.10. The van der Waals surface area contributed by atoms with Crippen LogP contribution in [0.2, 0.25) is 0 Å². The maximum atomic E-state index is 15.5. The van der Waals surface area contributed by atoms with Crippen LogP contribution in [0.4, 0.5) is 23.4 Å². The number of fused-ring (bicyclic) bond motifs is 1. The molecule has 0 spiro atoms. The van der Waals surface area contributed by atoms with Gasteiger partial charge in [0.25, 0.3) is 5.56 Å². The topological polar surface area (TPSA) is 116 Å². The van der Waals surface area contributed by atoms with E-state index in [9.17, 15) is 26.4 Å². The van der Waals surface area contributed by atoms with E-state index in [4.69, 9.17) is 9.47 Å². The second-order valence-electron chi connectivity index (χ2n) is 9.21. The van der Waals surface area contributed by atoms with Crippen LogP contribution in [-0.2, 0) is 23.2 Å². The lowest BCUT2D eigenvalue weighted by atomic mass is 10.0. The first kappa shape index (κ1) is 29.0. The van der Waals surface area contributed by atoms with Crippen LogP contribution in [0.1, 0.15) is 11.3 Å². The molecule has 1 N–H and O–H groups in total. The number of pyridine rings is 1. The van der Waals surface area contributed by atoms with Crippen LogP contribution < -0.4 is 19.8 Å². The molecular weight excluding hydrogens is 582 g/mol. The molecule has 2 aromatic heterocycles. The van der Waals surface area contributed by atoms with E-state index in [1.54, 1.807) is 0 Å². The maximum absolute atomic E-state index is 15.5. The predicted molar refractivity (Wildman–Crippen MR) is 144 cm³/mol. The molecule has 1 aliphatic rings. The summed E-state index contributed by atoms with van der Waals surface area (Å²) in [6.07, 6.45) is -3.01. The number of nitrogens with zero attached hydrogens (tertiary/aromatic N) is 4. The van der Waals surface area contributed by atoms with Crippen molar-refractivity contribution in [3.63, 3.8) is 0 Å². The van der Waals surface area contributed by atoms with Gasteiger partial charge in [-0.05, 0) is 41.5 Å². The molecule has 0 unspecified atom stereocenters. The van der Waals surface area contributed by atoms with Crippen molar-refractivity contribution >= 4 is 16.0 Å². The average Bonchev–Trinajstić information content (AvgIpc) is 2.96. The number of hydrogen-bond acceptors (Lipinski definition) is 7. The molecular formula is C27H23F4N5O5S. The van der Waals surface area contributed by atoms with Crippen molar-refractivity contribution in [3.05, 3.63) is 94.3 Å². The fraction of sp³-hybridized carbons (Fsp3) is 0.222. The van der Waals surface area contributed by atoms with Crippen molar-refractivity contribution in [2.45, 2.75) is 19.1 Å². The Hall–Kier alpha value is -4.50. The third-order valence-corrected chi connectivity index (χ3v) is 7.89. The molecule has 220 valence electrons. The van der Waals surface area contributed by atoms with E-state index in [2.05, 4.69) is 14.9 Å². The van der Waals surface area contributed by atoms with Gasteiger partial charge in [0, 0.05) is 49.1 Å². The Kier molecular flexibility index (Phi) is 7.88. The Labute approximate surface area is 237 Å². The van der Waals surface area contributed by atoms with Crippen LogP contribution >= 0.6 is 0 Å². The molecule has 0 radical (unpaired) electrons. The Morgan fingerprint density at radius 2 is 1.88 bits per heavy atom. The summed E-state index contributed by atoms with van der Waals surface area (Å²) in [7, 11) is -2.67. The quantitative estimate of drug-likeness (QED) is 0.301. The molecule has 1 aliphatic heterocycles. The number of nitrogens with one attached hydrogen (secondary N) is 1.